The number of amides is 2. The summed E-state index contributed by atoms with van der Waals surface area (Å²) >= 11 is 0. The molecule has 0 unspecified atom stereocenters. The third-order valence-electron chi connectivity index (χ3n) is 4.72. The second-order valence-corrected chi connectivity index (χ2v) is 6.31. The van der Waals surface area contributed by atoms with E-state index >= 15 is 0 Å². The van der Waals surface area contributed by atoms with Gasteiger partial charge < -0.3 is 9.57 Å². The Morgan fingerprint density at radius 1 is 1.17 bits per heavy atom. The third kappa shape index (κ3) is 2.81. The molecule has 2 aliphatic rings. The van der Waals surface area contributed by atoms with Crippen LogP contribution in [0.2, 0.25) is 0 Å². The Balaban J connectivity index is 1.73. The van der Waals surface area contributed by atoms with Crippen molar-refractivity contribution in [1.29, 1.82) is 0 Å². The average molecular weight is 395 g/mol. The molecule has 2 aromatic rings. The van der Waals surface area contributed by atoms with Gasteiger partial charge in [0.15, 0.2) is 0 Å². The number of anilines is 1. The van der Waals surface area contributed by atoms with Crippen LogP contribution in [0.5, 0.6) is 0 Å². The van der Waals surface area contributed by atoms with E-state index in [1.165, 1.54) is 37.4 Å². The molecule has 0 spiro atoms. The van der Waals surface area contributed by atoms with Crippen molar-refractivity contribution in [2.24, 2.45) is 11.1 Å². The molecule has 1 saturated heterocycles. The number of para-hydroxylation sites is 1. The van der Waals surface area contributed by atoms with Gasteiger partial charge >= 0.3 is 5.97 Å². The Bertz CT molecular complexity index is 1090. The fourth-order valence-corrected chi connectivity index (χ4v) is 3.38. The van der Waals surface area contributed by atoms with Gasteiger partial charge in [0.05, 0.1) is 23.3 Å². The lowest BCUT2D eigenvalue weighted by Crippen LogP contribution is -2.34. The van der Waals surface area contributed by atoms with Crippen molar-refractivity contribution in [3.8, 4) is 0 Å². The summed E-state index contributed by atoms with van der Waals surface area (Å²) in [5.74, 6) is -3.10. The molecular formula is C19H13N3O7. The molecule has 0 bridgehead atoms. The molecule has 2 aromatic carbocycles. The number of carbonyl (C=O) groups excluding carboxylic acids is 3. The minimum Gasteiger partial charge on any atom is -0.465 e. The highest BCUT2D eigenvalue weighted by Gasteiger charge is 2.56. The number of non-ortho nitro benzene ring substituents is 1. The fraction of sp³-hybridized carbons (Fsp3) is 0.158. The van der Waals surface area contributed by atoms with Gasteiger partial charge in [-0.1, -0.05) is 29.4 Å². The number of esters is 1. The molecule has 29 heavy (non-hydrogen) atoms. The first-order valence-electron chi connectivity index (χ1n) is 8.47. The lowest BCUT2D eigenvalue weighted by Gasteiger charge is -2.18. The number of nitro groups is 1. The molecule has 0 saturated carbocycles. The van der Waals surface area contributed by atoms with Crippen LogP contribution < -0.4 is 4.90 Å². The van der Waals surface area contributed by atoms with Crippen LogP contribution in [0, 0.1) is 16.0 Å². The van der Waals surface area contributed by atoms with E-state index in [0.29, 0.717) is 5.56 Å². The number of oxime groups is 1. The quantitative estimate of drug-likeness (QED) is 0.333. The molecule has 10 nitrogen and oxygen atoms in total. The number of hydrogen-bond acceptors (Lipinski definition) is 8. The van der Waals surface area contributed by atoms with Crippen LogP contribution in [-0.2, 0) is 19.2 Å². The minimum absolute atomic E-state index is 0.0468. The second-order valence-electron chi connectivity index (χ2n) is 6.31. The van der Waals surface area contributed by atoms with Gasteiger partial charge in [0.2, 0.25) is 12.0 Å². The van der Waals surface area contributed by atoms with Gasteiger partial charge in [-0.05, 0) is 12.1 Å². The van der Waals surface area contributed by atoms with Crippen molar-refractivity contribution < 1.29 is 28.9 Å². The number of rotatable bonds is 4. The molecule has 1 fully saturated rings. The van der Waals surface area contributed by atoms with Gasteiger partial charge in [-0.3, -0.25) is 19.7 Å². The van der Waals surface area contributed by atoms with E-state index < -0.39 is 34.7 Å². The largest absolute Gasteiger partial charge is 0.465 e. The number of nitrogens with zero attached hydrogens (tertiary/aromatic N) is 3. The van der Waals surface area contributed by atoms with Crippen molar-refractivity contribution >= 4 is 34.9 Å². The fourth-order valence-electron chi connectivity index (χ4n) is 3.38. The van der Waals surface area contributed by atoms with Crippen LogP contribution in [0.15, 0.2) is 53.7 Å². The van der Waals surface area contributed by atoms with Gasteiger partial charge in [0.1, 0.15) is 11.6 Å². The Kier molecular flexibility index (Phi) is 4.30. The molecular weight excluding hydrogens is 382 g/mol. The zero-order valence-electron chi connectivity index (χ0n) is 15.0. The monoisotopic (exact) mass is 395 g/mol. The molecule has 2 atom stereocenters. The molecule has 2 aliphatic heterocycles. The van der Waals surface area contributed by atoms with Crippen LogP contribution >= 0.6 is 0 Å². The summed E-state index contributed by atoms with van der Waals surface area (Å²) < 4.78 is 4.72. The van der Waals surface area contributed by atoms with Crippen molar-refractivity contribution in [3.05, 3.63) is 69.8 Å². The molecule has 0 aliphatic carbocycles. The Hall–Kier alpha value is -4.08. The van der Waals surface area contributed by atoms with E-state index in [4.69, 9.17) is 9.57 Å². The first kappa shape index (κ1) is 18.3. The zero-order chi connectivity index (χ0) is 20.7. The normalized spacial score (nSPS) is 20.2. The highest BCUT2D eigenvalue weighted by molar-refractivity contribution is 6.33. The summed E-state index contributed by atoms with van der Waals surface area (Å²) in [4.78, 5) is 54.6. The third-order valence-corrected chi connectivity index (χ3v) is 4.72. The molecule has 4 rings (SSSR count). The van der Waals surface area contributed by atoms with Gasteiger partial charge in [-0.2, -0.15) is 0 Å². The van der Waals surface area contributed by atoms with Crippen LogP contribution in [-0.4, -0.2) is 41.6 Å². The van der Waals surface area contributed by atoms with E-state index in [0.717, 1.165) is 4.90 Å². The topological polar surface area (TPSA) is 128 Å². The Morgan fingerprint density at radius 3 is 2.66 bits per heavy atom. The number of imide groups is 1. The predicted octanol–water partition coefficient (Wildman–Crippen LogP) is 1.67. The number of fused-ring (bicyclic) bond motifs is 1. The predicted molar refractivity (Wildman–Crippen MR) is 98.3 cm³/mol. The highest BCUT2D eigenvalue weighted by atomic mass is 16.7. The van der Waals surface area contributed by atoms with Gasteiger partial charge in [0, 0.05) is 17.7 Å². The van der Waals surface area contributed by atoms with E-state index in [9.17, 15) is 24.5 Å². The second kappa shape index (κ2) is 6.82. The maximum Gasteiger partial charge on any atom is 0.339 e. The molecule has 0 radical (unpaired) electrons. The van der Waals surface area contributed by atoms with E-state index in [2.05, 4.69) is 5.16 Å². The van der Waals surface area contributed by atoms with Crippen LogP contribution in [0.4, 0.5) is 11.4 Å². The summed E-state index contributed by atoms with van der Waals surface area (Å²) in [5, 5.41) is 14.9. The summed E-state index contributed by atoms with van der Waals surface area (Å²) in [7, 11) is 1.19. The highest BCUT2D eigenvalue weighted by Crippen LogP contribution is 2.37. The van der Waals surface area contributed by atoms with E-state index in [1.54, 1.807) is 18.2 Å². The van der Waals surface area contributed by atoms with Gasteiger partial charge in [-0.15, -0.1) is 0 Å². The van der Waals surface area contributed by atoms with Crippen LogP contribution in [0.3, 0.4) is 0 Å². The van der Waals surface area contributed by atoms with Crippen molar-refractivity contribution in [1.82, 2.24) is 0 Å². The van der Waals surface area contributed by atoms with E-state index in [-0.39, 0.29) is 22.6 Å². The van der Waals surface area contributed by atoms with Crippen LogP contribution in [0.25, 0.3) is 0 Å². The number of carbonyl (C=O) groups is 3. The summed E-state index contributed by atoms with van der Waals surface area (Å²) in [6.07, 6.45) is -1.21. The Labute approximate surface area is 163 Å². The first-order chi connectivity index (χ1) is 13.9. The average Bonchev–Trinajstić information content (AvgIpc) is 3.28. The number of benzene rings is 2. The maximum atomic E-state index is 13.1. The number of hydrogen-bond donors (Lipinski definition) is 0. The number of ether oxygens (including phenoxy) is 1. The maximum absolute atomic E-state index is 13.1. The summed E-state index contributed by atoms with van der Waals surface area (Å²) in [6.45, 7) is 0. The smallest absolute Gasteiger partial charge is 0.339 e. The molecule has 10 heteroatoms. The lowest BCUT2D eigenvalue weighted by molar-refractivity contribution is -0.384. The van der Waals surface area contributed by atoms with Gasteiger partial charge in [-0.25, -0.2) is 9.69 Å². The lowest BCUT2D eigenvalue weighted by atomic mass is 9.94. The minimum atomic E-state index is -1.21. The van der Waals surface area contributed by atoms with Gasteiger partial charge in [0.25, 0.3) is 11.6 Å². The molecule has 0 N–H and O–H groups in total. The van der Waals surface area contributed by atoms with Crippen molar-refractivity contribution in [2.75, 3.05) is 12.0 Å². The zero-order valence-corrected chi connectivity index (χ0v) is 15.0. The van der Waals surface area contributed by atoms with E-state index in [1.807, 2.05) is 0 Å². The number of nitro benzene ring substituents is 1. The molecule has 2 amide bonds. The number of methoxy groups -OCH3 is 1. The molecule has 0 aromatic heterocycles. The van der Waals surface area contributed by atoms with Crippen LogP contribution in [0.1, 0.15) is 15.9 Å². The molecule has 2 heterocycles. The van der Waals surface area contributed by atoms with Crippen molar-refractivity contribution in [3.63, 3.8) is 0 Å². The summed E-state index contributed by atoms with van der Waals surface area (Å²) in [5.41, 5.74) is 0.362. The van der Waals surface area contributed by atoms with Crippen molar-refractivity contribution in [2.45, 2.75) is 6.10 Å². The Morgan fingerprint density at radius 2 is 1.93 bits per heavy atom. The molecule has 146 valence electrons. The first-order valence-corrected chi connectivity index (χ1v) is 8.47. The summed E-state index contributed by atoms with van der Waals surface area (Å²) in [6, 6.07) is 11.6. The SMILES string of the molecule is COC(=O)c1ccccc1N1C(=O)[C@H]2C(c3cccc([N+](=O)[O-])c3)=NO[C@@H]2C1=O. The standard InChI is InChI=1S/C19H13N3O7/c1-28-19(25)12-7-2-3-8-13(12)21-17(23)14-15(20-29-16(14)18(21)24)10-5-4-6-11(9-10)22(26)27/h2-9,14,16H,1H3/t14-,16-/m0/s1.